The second kappa shape index (κ2) is 6.33. The van der Waals surface area contributed by atoms with Crippen LogP contribution < -0.4 is 0 Å². The Morgan fingerprint density at radius 3 is 1.58 bits per heavy atom. The van der Waals surface area contributed by atoms with Crippen LogP contribution in [-0.4, -0.2) is 48.6 Å². The van der Waals surface area contributed by atoms with Crippen molar-refractivity contribution in [2.75, 3.05) is 6.61 Å². The van der Waals surface area contributed by atoms with Crippen LogP contribution in [0, 0.1) is 0 Å². The zero-order valence-electron chi connectivity index (χ0n) is 11.0. The standard InChI is InChI=1S/C9H5F11O4/c1-2-23-4(22)5(11,12)7(14,15)9(19,20)24-6(13,3(10)21)8(16,17)18/h2H2,1H3. The minimum Gasteiger partial charge on any atom is -0.461 e. The molecule has 1 atom stereocenters. The van der Waals surface area contributed by atoms with Crippen LogP contribution >= 0.6 is 0 Å². The Hall–Kier alpha value is -1.67. The first kappa shape index (κ1) is 22.3. The molecule has 0 aliphatic rings. The Morgan fingerprint density at radius 2 is 1.29 bits per heavy atom. The van der Waals surface area contributed by atoms with Crippen molar-refractivity contribution in [3.05, 3.63) is 0 Å². The Labute approximate surface area is 124 Å². The van der Waals surface area contributed by atoms with Gasteiger partial charge in [0.15, 0.2) is 0 Å². The summed E-state index contributed by atoms with van der Waals surface area (Å²) in [5, 5.41) is 0. The lowest BCUT2D eigenvalue weighted by Crippen LogP contribution is -2.64. The fourth-order valence-electron chi connectivity index (χ4n) is 0.983. The van der Waals surface area contributed by atoms with Gasteiger partial charge in [-0.05, 0) is 6.92 Å². The second-order valence-electron chi connectivity index (χ2n) is 3.85. The van der Waals surface area contributed by atoms with Gasteiger partial charge < -0.3 is 4.74 Å². The topological polar surface area (TPSA) is 52.6 Å². The molecule has 0 fully saturated rings. The first-order valence-electron chi connectivity index (χ1n) is 5.35. The number of hydrogen-bond donors (Lipinski definition) is 0. The lowest BCUT2D eigenvalue weighted by Gasteiger charge is -2.34. The van der Waals surface area contributed by atoms with E-state index in [1.54, 1.807) is 4.74 Å². The number of carbonyl (C=O) groups is 2. The maximum atomic E-state index is 13.0. The van der Waals surface area contributed by atoms with Gasteiger partial charge in [-0.25, -0.2) is 4.79 Å². The van der Waals surface area contributed by atoms with Crippen molar-refractivity contribution in [2.24, 2.45) is 0 Å². The fourth-order valence-corrected chi connectivity index (χ4v) is 0.983. The lowest BCUT2D eigenvalue weighted by atomic mass is 10.1. The average molecular weight is 386 g/mol. The lowest BCUT2D eigenvalue weighted by molar-refractivity contribution is -0.457. The third kappa shape index (κ3) is 3.54. The summed E-state index contributed by atoms with van der Waals surface area (Å²) in [6.45, 7) is -0.256. The number of hydrogen-bond acceptors (Lipinski definition) is 4. The third-order valence-electron chi connectivity index (χ3n) is 2.18. The molecular weight excluding hydrogens is 381 g/mol. The second-order valence-corrected chi connectivity index (χ2v) is 3.85. The minimum atomic E-state index is -7.16. The van der Waals surface area contributed by atoms with Crippen molar-refractivity contribution in [1.29, 1.82) is 0 Å². The highest BCUT2D eigenvalue weighted by Crippen LogP contribution is 2.51. The number of alkyl halides is 10. The van der Waals surface area contributed by atoms with E-state index >= 15 is 0 Å². The molecule has 0 bridgehead atoms. The number of rotatable bonds is 7. The molecule has 0 N–H and O–H groups in total. The van der Waals surface area contributed by atoms with Gasteiger partial charge in [-0.15, -0.1) is 0 Å². The smallest absolute Gasteiger partial charge is 0.459 e. The van der Waals surface area contributed by atoms with Gasteiger partial charge >= 0.3 is 42.0 Å². The maximum absolute atomic E-state index is 13.0. The van der Waals surface area contributed by atoms with Gasteiger partial charge in [0, 0.05) is 0 Å². The molecule has 1 unspecified atom stereocenters. The van der Waals surface area contributed by atoms with Crippen molar-refractivity contribution in [1.82, 2.24) is 0 Å². The minimum absolute atomic E-state index is 0.777. The number of halogens is 11. The van der Waals surface area contributed by atoms with E-state index in [1.165, 1.54) is 0 Å². The molecular formula is C9H5F11O4. The van der Waals surface area contributed by atoms with Crippen molar-refractivity contribution in [3.63, 3.8) is 0 Å². The average Bonchev–Trinajstić information content (AvgIpc) is 2.36. The fraction of sp³-hybridized carbons (Fsp3) is 0.778. The van der Waals surface area contributed by atoms with Crippen LogP contribution in [0.15, 0.2) is 0 Å². The molecule has 0 spiro atoms. The molecule has 15 heteroatoms. The van der Waals surface area contributed by atoms with Crippen LogP contribution in [0.1, 0.15) is 6.92 Å². The summed E-state index contributed by atoms with van der Waals surface area (Å²) in [5.41, 5.74) is 0. The van der Waals surface area contributed by atoms with Crippen molar-refractivity contribution in [2.45, 2.75) is 36.9 Å². The monoisotopic (exact) mass is 386 g/mol. The van der Waals surface area contributed by atoms with Gasteiger partial charge in [-0.2, -0.15) is 48.3 Å². The van der Waals surface area contributed by atoms with E-state index in [9.17, 15) is 57.9 Å². The van der Waals surface area contributed by atoms with Crippen LogP contribution in [0.3, 0.4) is 0 Å². The molecule has 0 saturated carbocycles. The summed E-state index contributed by atoms with van der Waals surface area (Å²) in [4.78, 5) is 20.4. The zero-order chi connectivity index (χ0) is 19.8. The first-order valence-corrected chi connectivity index (χ1v) is 5.35. The Kier molecular flexibility index (Phi) is 5.89. The van der Waals surface area contributed by atoms with Crippen molar-refractivity contribution < 1.29 is 67.4 Å². The van der Waals surface area contributed by atoms with Gasteiger partial charge in [0.25, 0.3) is 0 Å². The summed E-state index contributed by atoms with van der Waals surface area (Å²) in [6.07, 6.45) is -14.1. The summed E-state index contributed by atoms with van der Waals surface area (Å²) < 4.78 is 144. The van der Waals surface area contributed by atoms with Crippen LogP contribution in [0.5, 0.6) is 0 Å². The highest BCUT2D eigenvalue weighted by atomic mass is 19.4. The Bertz CT molecular complexity index is 500. The predicted octanol–water partition coefficient (Wildman–Crippen LogP) is 3.15. The van der Waals surface area contributed by atoms with Gasteiger partial charge in [0.05, 0.1) is 6.61 Å². The zero-order valence-corrected chi connectivity index (χ0v) is 11.0. The Balaban J connectivity index is 5.95. The summed E-state index contributed by atoms with van der Waals surface area (Å²) in [6, 6.07) is -4.37. The van der Waals surface area contributed by atoms with Crippen molar-refractivity contribution in [3.8, 4) is 0 Å². The molecule has 142 valence electrons. The highest BCUT2D eigenvalue weighted by molar-refractivity contribution is 5.79. The molecule has 0 aromatic rings. The first-order chi connectivity index (χ1) is 10.4. The van der Waals surface area contributed by atoms with Gasteiger partial charge in [0.2, 0.25) is 0 Å². The number of carbonyl (C=O) groups excluding carboxylic acids is 2. The summed E-state index contributed by atoms with van der Waals surface area (Å²) in [7, 11) is 0. The van der Waals surface area contributed by atoms with Crippen LogP contribution in [0.4, 0.5) is 48.3 Å². The third-order valence-corrected chi connectivity index (χ3v) is 2.18. The molecule has 0 rings (SSSR count). The van der Waals surface area contributed by atoms with Crippen LogP contribution in [-0.2, 0) is 19.1 Å². The molecule has 0 aliphatic carbocycles. The largest absolute Gasteiger partial charge is 0.461 e. The number of esters is 1. The van der Waals surface area contributed by atoms with E-state index in [0.717, 1.165) is 6.92 Å². The molecule has 0 aromatic heterocycles. The normalized spacial score (nSPS) is 16.5. The molecule has 0 saturated heterocycles. The molecule has 0 amide bonds. The van der Waals surface area contributed by atoms with E-state index < -0.39 is 48.6 Å². The maximum Gasteiger partial charge on any atom is 0.459 e. The van der Waals surface area contributed by atoms with Gasteiger partial charge in [0.1, 0.15) is 0 Å². The summed E-state index contributed by atoms with van der Waals surface area (Å²) >= 11 is 0. The highest BCUT2D eigenvalue weighted by Gasteiger charge is 2.81. The van der Waals surface area contributed by atoms with E-state index in [4.69, 9.17) is 0 Å². The summed E-state index contributed by atoms with van der Waals surface area (Å²) in [5.74, 6) is -23.7. The molecule has 4 nitrogen and oxygen atoms in total. The predicted molar refractivity (Wildman–Crippen MR) is 48.6 cm³/mol. The van der Waals surface area contributed by atoms with E-state index in [1.807, 2.05) is 0 Å². The molecule has 0 aromatic carbocycles. The molecule has 0 heterocycles. The van der Waals surface area contributed by atoms with Gasteiger partial charge in [-0.1, -0.05) is 0 Å². The number of ether oxygens (including phenoxy) is 2. The quantitative estimate of drug-likeness (QED) is 0.383. The SMILES string of the molecule is CCOC(=O)C(F)(F)C(F)(F)C(F)(F)OC(F)(C(=O)F)C(F)(F)F. The van der Waals surface area contributed by atoms with Gasteiger partial charge in [-0.3, -0.25) is 9.53 Å². The molecule has 0 radical (unpaired) electrons. The molecule has 24 heavy (non-hydrogen) atoms. The van der Waals surface area contributed by atoms with E-state index in [0.29, 0.717) is 0 Å². The molecule has 0 aliphatic heterocycles. The van der Waals surface area contributed by atoms with Crippen molar-refractivity contribution >= 4 is 12.0 Å². The van der Waals surface area contributed by atoms with Crippen LogP contribution in [0.2, 0.25) is 0 Å². The van der Waals surface area contributed by atoms with E-state index in [-0.39, 0.29) is 0 Å². The van der Waals surface area contributed by atoms with Crippen LogP contribution in [0.25, 0.3) is 0 Å². The van der Waals surface area contributed by atoms with E-state index in [2.05, 4.69) is 4.74 Å². The Morgan fingerprint density at radius 1 is 0.875 bits per heavy atom.